The van der Waals surface area contributed by atoms with E-state index >= 15 is 0 Å². The van der Waals surface area contributed by atoms with Crippen LogP contribution < -0.4 is 0 Å². The number of hydrogen-bond acceptors (Lipinski definition) is 3. The molecule has 0 fully saturated rings. The Morgan fingerprint density at radius 1 is 1.00 bits per heavy atom. The maximum atomic E-state index is 12.5. The van der Waals surface area contributed by atoms with Gasteiger partial charge in [0.1, 0.15) is 0 Å². The Labute approximate surface area is 117 Å². The SMILES string of the molecule is O=Cc1ccc(-c2ccc(C(F)(F)F)cc2)cc1[N+](=O)[O-]. The molecule has 21 heavy (non-hydrogen) atoms. The standard InChI is InChI=1S/C14H8F3NO3/c15-14(16,17)12-5-3-9(4-6-12)10-1-2-11(8-19)13(7-10)18(20)21/h1-8H. The quantitative estimate of drug-likeness (QED) is 0.486. The Bertz CT molecular complexity index is 694. The fraction of sp³-hybridized carbons (Fsp3) is 0.0714. The molecule has 0 saturated heterocycles. The largest absolute Gasteiger partial charge is 0.416 e. The van der Waals surface area contributed by atoms with Crippen molar-refractivity contribution < 1.29 is 22.9 Å². The van der Waals surface area contributed by atoms with E-state index in [0.717, 1.165) is 18.2 Å². The number of rotatable bonds is 3. The summed E-state index contributed by atoms with van der Waals surface area (Å²) in [5.74, 6) is 0. The van der Waals surface area contributed by atoms with Crippen LogP contribution in [0.15, 0.2) is 42.5 Å². The van der Waals surface area contributed by atoms with Crippen molar-refractivity contribution in [1.29, 1.82) is 0 Å². The first-order chi connectivity index (χ1) is 9.82. The number of aldehydes is 1. The van der Waals surface area contributed by atoms with Crippen molar-refractivity contribution in [3.05, 3.63) is 63.7 Å². The molecule has 0 aliphatic carbocycles. The molecular formula is C14H8F3NO3. The minimum atomic E-state index is -4.44. The first-order valence-corrected chi connectivity index (χ1v) is 5.74. The van der Waals surface area contributed by atoms with E-state index in [-0.39, 0.29) is 11.3 Å². The number of carbonyl (C=O) groups excluding carboxylic acids is 1. The number of hydrogen-bond donors (Lipinski definition) is 0. The van der Waals surface area contributed by atoms with Gasteiger partial charge in [-0.15, -0.1) is 0 Å². The highest BCUT2D eigenvalue weighted by molar-refractivity contribution is 5.84. The lowest BCUT2D eigenvalue weighted by molar-refractivity contribution is -0.385. The van der Waals surface area contributed by atoms with Gasteiger partial charge >= 0.3 is 6.18 Å². The fourth-order valence-corrected chi connectivity index (χ4v) is 1.83. The third-order valence-corrected chi connectivity index (χ3v) is 2.90. The van der Waals surface area contributed by atoms with E-state index in [1.165, 1.54) is 24.3 Å². The number of nitrogens with zero attached hydrogens (tertiary/aromatic N) is 1. The van der Waals surface area contributed by atoms with E-state index in [2.05, 4.69) is 0 Å². The van der Waals surface area contributed by atoms with Gasteiger partial charge in [-0.1, -0.05) is 18.2 Å². The Morgan fingerprint density at radius 3 is 2.05 bits per heavy atom. The van der Waals surface area contributed by atoms with Crippen molar-refractivity contribution in [2.45, 2.75) is 6.18 Å². The maximum absolute atomic E-state index is 12.5. The van der Waals surface area contributed by atoms with Gasteiger partial charge in [-0.05, 0) is 29.3 Å². The van der Waals surface area contributed by atoms with Gasteiger partial charge in [0.05, 0.1) is 16.1 Å². The zero-order valence-electron chi connectivity index (χ0n) is 10.4. The highest BCUT2D eigenvalue weighted by Crippen LogP contribution is 2.32. The Balaban J connectivity index is 2.45. The lowest BCUT2D eigenvalue weighted by Crippen LogP contribution is -2.04. The highest BCUT2D eigenvalue weighted by Gasteiger charge is 2.30. The van der Waals surface area contributed by atoms with E-state index in [1.54, 1.807) is 0 Å². The number of nitro benzene ring substituents is 1. The molecule has 0 heterocycles. The molecule has 0 atom stereocenters. The van der Waals surface area contributed by atoms with Crippen molar-refractivity contribution >= 4 is 12.0 Å². The molecule has 2 rings (SSSR count). The van der Waals surface area contributed by atoms with Crippen LogP contribution in [0.25, 0.3) is 11.1 Å². The van der Waals surface area contributed by atoms with Gasteiger partial charge in [0.25, 0.3) is 5.69 Å². The second-order valence-corrected chi connectivity index (χ2v) is 4.22. The van der Waals surface area contributed by atoms with Crippen LogP contribution in [0.2, 0.25) is 0 Å². The summed E-state index contributed by atoms with van der Waals surface area (Å²) in [6, 6.07) is 8.11. The number of nitro groups is 1. The normalized spacial score (nSPS) is 11.2. The average Bonchev–Trinajstić information content (AvgIpc) is 2.45. The van der Waals surface area contributed by atoms with E-state index in [0.29, 0.717) is 17.4 Å². The number of carbonyl (C=O) groups is 1. The third kappa shape index (κ3) is 3.07. The van der Waals surface area contributed by atoms with Gasteiger partial charge in [0.15, 0.2) is 6.29 Å². The summed E-state index contributed by atoms with van der Waals surface area (Å²) in [7, 11) is 0. The molecular weight excluding hydrogens is 287 g/mol. The van der Waals surface area contributed by atoms with Gasteiger partial charge in [0, 0.05) is 6.07 Å². The summed E-state index contributed by atoms with van der Waals surface area (Å²) in [6.45, 7) is 0. The maximum Gasteiger partial charge on any atom is 0.416 e. The van der Waals surface area contributed by atoms with Crippen LogP contribution in [-0.4, -0.2) is 11.2 Å². The predicted molar refractivity (Wildman–Crippen MR) is 68.9 cm³/mol. The van der Waals surface area contributed by atoms with E-state index in [4.69, 9.17) is 0 Å². The topological polar surface area (TPSA) is 60.2 Å². The second kappa shape index (κ2) is 5.35. The number of alkyl halides is 3. The molecule has 7 heteroatoms. The molecule has 0 N–H and O–H groups in total. The van der Waals surface area contributed by atoms with Crippen LogP contribution in [0.3, 0.4) is 0 Å². The van der Waals surface area contributed by atoms with Crippen LogP contribution in [0.4, 0.5) is 18.9 Å². The minimum Gasteiger partial charge on any atom is -0.298 e. The predicted octanol–water partition coefficient (Wildman–Crippen LogP) is 4.09. The van der Waals surface area contributed by atoms with Gasteiger partial charge in [-0.3, -0.25) is 14.9 Å². The minimum absolute atomic E-state index is 0.0874. The van der Waals surface area contributed by atoms with Crippen molar-refractivity contribution in [3.8, 4) is 11.1 Å². The average molecular weight is 295 g/mol. The molecule has 0 aliphatic heterocycles. The van der Waals surface area contributed by atoms with E-state index < -0.39 is 16.7 Å². The van der Waals surface area contributed by atoms with Crippen LogP contribution in [0, 0.1) is 10.1 Å². The Kier molecular flexibility index (Phi) is 3.75. The molecule has 0 radical (unpaired) electrons. The van der Waals surface area contributed by atoms with Crippen molar-refractivity contribution in [2.24, 2.45) is 0 Å². The molecule has 2 aromatic rings. The summed E-state index contributed by atoms with van der Waals surface area (Å²) in [4.78, 5) is 20.8. The smallest absolute Gasteiger partial charge is 0.298 e. The third-order valence-electron chi connectivity index (χ3n) is 2.90. The van der Waals surface area contributed by atoms with E-state index in [9.17, 15) is 28.1 Å². The summed E-state index contributed by atoms with van der Waals surface area (Å²) in [5, 5.41) is 10.8. The monoisotopic (exact) mass is 295 g/mol. The summed E-state index contributed by atoms with van der Waals surface area (Å²) >= 11 is 0. The number of benzene rings is 2. The molecule has 2 aromatic carbocycles. The molecule has 0 saturated carbocycles. The summed E-state index contributed by atoms with van der Waals surface area (Å²) in [6.07, 6.45) is -4.08. The van der Waals surface area contributed by atoms with Crippen LogP contribution in [0.5, 0.6) is 0 Å². The van der Waals surface area contributed by atoms with E-state index in [1.807, 2.05) is 0 Å². The Morgan fingerprint density at radius 2 is 1.57 bits per heavy atom. The van der Waals surface area contributed by atoms with Crippen LogP contribution in [0.1, 0.15) is 15.9 Å². The molecule has 0 unspecified atom stereocenters. The highest BCUT2D eigenvalue weighted by atomic mass is 19.4. The van der Waals surface area contributed by atoms with Crippen LogP contribution in [-0.2, 0) is 6.18 Å². The number of halogens is 3. The first kappa shape index (κ1) is 14.7. The van der Waals surface area contributed by atoms with Gasteiger partial charge in [0.2, 0.25) is 0 Å². The molecule has 0 amide bonds. The van der Waals surface area contributed by atoms with Crippen molar-refractivity contribution in [3.63, 3.8) is 0 Å². The molecule has 4 nitrogen and oxygen atoms in total. The zero-order valence-corrected chi connectivity index (χ0v) is 10.4. The van der Waals surface area contributed by atoms with Crippen molar-refractivity contribution in [2.75, 3.05) is 0 Å². The van der Waals surface area contributed by atoms with Gasteiger partial charge in [-0.2, -0.15) is 13.2 Å². The Hall–Kier alpha value is -2.70. The van der Waals surface area contributed by atoms with Gasteiger partial charge < -0.3 is 0 Å². The molecule has 108 valence electrons. The molecule has 0 aliphatic rings. The molecule has 0 spiro atoms. The molecule has 0 aromatic heterocycles. The van der Waals surface area contributed by atoms with Gasteiger partial charge in [-0.25, -0.2) is 0 Å². The van der Waals surface area contributed by atoms with Crippen molar-refractivity contribution in [1.82, 2.24) is 0 Å². The first-order valence-electron chi connectivity index (χ1n) is 5.74. The summed E-state index contributed by atoms with van der Waals surface area (Å²) < 4.78 is 37.4. The zero-order chi connectivity index (χ0) is 15.6. The summed E-state index contributed by atoms with van der Waals surface area (Å²) in [5.41, 5.74) is -0.520. The fourth-order valence-electron chi connectivity index (χ4n) is 1.83. The molecule has 0 bridgehead atoms. The second-order valence-electron chi connectivity index (χ2n) is 4.22. The lowest BCUT2D eigenvalue weighted by atomic mass is 10.0. The van der Waals surface area contributed by atoms with Crippen LogP contribution >= 0.6 is 0 Å². The lowest BCUT2D eigenvalue weighted by Gasteiger charge is -2.08.